The molecule has 112 valence electrons. The third-order valence-electron chi connectivity index (χ3n) is 4.38. The Morgan fingerprint density at radius 3 is 2.60 bits per heavy atom. The fraction of sp³-hybridized carbons (Fsp3) is 0.750. The first kappa shape index (κ1) is 14.7. The van der Waals surface area contributed by atoms with E-state index in [0.717, 1.165) is 37.0 Å². The van der Waals surface area contributed by atoms with E-state index in [4.69, 9.17) is 11.6 Å². The highest BCUT2D eigenvalue weighted by Crippen LogP contribution is 2.33. The molecule has 2 fully saturated rings. The van der Waals surface area contributed by atoms with Crippen molar-refractivity contribution in [1.82, 2.24) is 14.6 Å². The molecular weight excluding hydrogens is 318 g/mol. The topological polar surface area (TPSA) is 62.3 Å². The summed E-state index contributed by atoms with van der Waals surface area (Å²) in [6, 6.07) is 1.02. The largest absolute Gasteiger partial charge is 0.300 e. The first-order chi connectivity index (χ1) is 9.45. The predicted molar refractivity (Wildman–Crippen MR) is 79.7 cm³/mol. The highest BCUT2D eigenvalue weighted by molar-refractivity contribution is 7.91. The second-order valence-corrected chi connectivity index (χ2v) is 9.18. The van der Waals surface area contributed by atoms with Gasteiger partial charge < -0.3 is 4.90 Å². The molecule has 2 unspecified atom stereocenters. The van der Waals surface area contributed by atoms with Crippen molar-refractivity contribution in [2.75, 3.05) is 7.05 Å². The summed E-state index contributed by atoms with van der Waals surface area (Å²) in [5.74, 6) is 0. The Balaban J connectivity index is 1.72. The van der Waals surface area contributed by atoms with E-state index in [1.54, 1.807) is 0 Å². The molecule has 20 heavy (non-hydrogen) atoms. The van der Waals surface area contributed by atoms with Gasteiger partial charge in [-0.25, -0.2) is 18.1 Å². The number of hydrogen-bond acceptors (Lipinski definition) is 5. The molecule has 2 saturated heterocycles. The molecule has 2 bridgehead atoms. The lowest BCUT2D eigenvalue weighted by Gasteiger charge is -2.47. The van der Waals surface area contributed by atoms with Crippen molar-refractivity contribution in [2.45, 2.75) is 54.4 Å². The number of aromatic nitrogens is 1. The van der Waals surface area contributed by atoms with Crippen molar-refractivity contribution in [1.29, 1.82) is 0 Å². The van der Waals surface area contributed by atoms with E-state index in [1.165, 1.54) is 12.6 Å². The van der Waals surface area contributed by atoms with E-state index in [2.05, 4.69) is 21.7 Å². The van der Waals surface area contributed by atoms with Crippen LogP contribution in [0.3, 0.4) is 0 Å². The molecule has 0 aromatic carbocycles. The van der Waals surface area contributed by atoms with Crippen LogP contribution in [0, 0.1) is 0 Å². The minimum absolute atomic E-state index is 0.0207. The lowest BCUT2D eigenvalue weighted by molar-refractivity contribution is 0.0536. The summed E-state index contributed by atoms with van der Waals surface area (Å²) in [6.07, 6.45) is 6.68. The molecule has 1 N–H and O–H groups in total. The van der Waals surface area contributed by atoms with Gasteiger partial charge in [0.05, 0.1) is 6.20 Å². The van der Waals surface area contributed by atoms with Crippen molar-refractivity contribution in [3.8, 4) is 0 Å². The van der Waals surface area contributed by atoms with Crippen molar-refractivity contribution < 1.29 is 8.42 Å². The molecule has 1 aromatic heterocycles. The van der Waals surface area contributed by atoms with Crippen LogP contribution in [-0.2, 0) is 10.0 Å². The van der Waals surface area contributed by atoms with Crippen LogP contribution < -0.4 is 4.72 Å². The molecule has 3 heterocycles. The molecule has 3 rings (SSSR count). The first-order valence-corrected chi connectivity index (χ1v) is 9.49. The molecule has 2 atom stereocenters. The lowest BCUT2D eigenvalue weighted by Crippen LogP contribution is -2.55. The zero-order valence-corrected chi connectivity index (χ0v) is 13.6. The summed E-state index contributed by atoms with van der Waals surface area (Å²) in [7, 11) is -1.33. The highest BCUT2D eigenvalue weighted by atomic mass is 35.5. The van der Waals surface area contributed by atoms with Gasteiger partial charge in [-0.3, -0.25) is 0 Å². The van der Waals surface area contributed by atoms with Crippen LogP contribution in [0.2, 0.25) is 4.47 Å². The number of fused-ring (bicyclic) bond motifs is 2. The van der Waals surface area contributed by atoms with Crippen LogP contribution in [0.4, 0.5) is 0 Å². The van der Waals surface area contributed by atoms with Gasteiger partial charge in [0.25, 0.3) is 10.0 Å². The van der Waals surface area contributed by atoms with E-state index >= 15 is 0 Å². The Morgan fingerprint density at radius 1 is 1.40 bits per heavy atom. The standard InChI is InChI=1S/C12H18ClN3O2S2/c1-16-9-3-2-4-10(16)6-8(5-9)15-20(17,18)11-7-14-12(13)19-11/h7-10,15H,2-6H2,1H3. The number of rotatable bonds is 3. The van der Waals surface area contributed by atoms with Gasteiger partial charge in [-0.05, 0) is 32.7 Å². The quantitative estimate of drug-likeness (QED) is 0.918. The van der Waals surface area contributed by atoms with Crippen molar-refractivity contribution in [2.24, 2.45) is 0 Å². The average molecular weight is 336 g/mol. The molecule has 5 nitrogen and oxygen atoms in total. The number of hydrogen-bond donors (Lipinski definition) is 1. The fourth-order valence-corrected chi connectivity index (χ4v) is 5.92. The van der Waals surface area contributed by atoms with Crippen LogP contribution >= 0.6 is 22.9 Å². The third kappa shape index (κ3) is 2.87. The molecule has 0 spiro atoms. The summed E-state index contributed by atoms with van der Waals surface area (Å²) < 4.78 is 27.9. The second-order valence-electron chi connectivity index (χ2n) is 5.63. The summed E-state index contributed by atoms with van der Waals surface area (Å²) in [4.78, 5) is 6.22. The SMILES string of the molecule is CN1C2CCCC1CC(NS(=O)(=O)c1cnc(Cl)s1)C2. The number of nitrogens with zero attached hydrogens (tertiary/aromatic N) is 2. The Bertz CT molecular complexity index is 575. The van der Waals surface area contributed by atoms with Gasteiger partial charge in [0.2, 0.25) is 0 Å². The number of thiazole rings is 1. The minimum atomic E-state index is -3.48. The van der Waals surface area contributed by atoms with Gasteiger partial charge in [0.1, 0.15) is 0 Å². The second kappa shape index (κ2) is 5.53. The summed E-state index contributed by atoms with van der Waals surface area (Å²) >= 11 is 6.71. The average Bonchev–Trinajstić information content (AvgIpc) is 2.78. The van der Waals surface area contributed by atoms with E-state index in [9.17, 15) is 8.42 Å². The van der Waals surface area contributed by atoms with Gasteiger partial charge in [-0.2, -0.15) is 0 Å². The smallest absolute Gasteiger partial charge is 0.251 e. The maximum atomic E-state index is 12.3. The number of sulfonamides is 1. The normalized spacial score (nSPS) is 31.4. The van der Waals surface area contributed by atoms with Crippen LogP contribution in [0.25, 0.3) is 0 Å². The molecule has 1 aromatic rings. The fourth-order valence-electron chi connectivity index (χ4n) is 3.35. The van der Waals surface area contributed by atoms with Gasteiger partial charge >= 0.3 is 0 Å². The van der Waals surface area contributed by atoms with Gasteiger partial charge in [-0.1, -0.05) is 29.4 Å². The van der Waals surface area contributed by atoms with E-state index in [0.29, 0.717) is 12.1 Å². The van der Waals surface area contributed by atoms with E-state index < -0.39 is 10.0 Å². The Kier molecular flexibility index (Phi) is 4.07. The molecule has 0 aliphatic carbocycles. The van der Waals surface area contributed by atoms with E-state index in [1.807, 2.05) is 0 Å². The maximum Gasteiger partial charge on any atom is 0.251 e. The number of nitrogens with one attached hydrogen (secondary N) is 1. The zero-order valence-electron chi connectivity index (χ0n) is 11.3. The summed E-state index contributed by atoms with van der Waals surface area (Å²) in [6.45, 7) is 0. The summed E-state index contributed by atoms with van der Waals surface area (Å²) in [5.41, 5.74) is 0. The van der Waals surface area contributed by atoms with Crippen molar-refractivity contribution >= 4 is 33.0 Å². The molecular formula is C12H18ClN3O2S2. The Hall–Kier alpha value is -0.210. The van der Waals surface area contributed by atoms with Gasteiger partial charge in [-0.15, -0.1) is 0 Å². The van der Waals surface area contributed by atoms with Crippen LogP contribution in [-0.4, -0.2) is 43.5 Å². The number of halogens is 1. The third-order valence-corrected chi connectivity index (χ3v) is 7.48. The summed E-state index contributed by atoms with van der Waals surface area (Å²) in [5, 5.41) is 0. The van der Waals surface area contributed by atoms with Gasteiger partial charge in [0.15, 0.2) is 8.68 Å². The molecule has 8 heteroatoms. The maximum absolute atomic E-state index is 12.3. The van der Waals surface area contributed by atoms with Gasteiger partial charge in [0, 0.05) is 18.1 Å². The lowest BCUT2D eigenvalue weighted by atomic mass is 9.83. The van der Waals surface area contributed by atoms with Crippen molar-refractivity contribution in [3.05, 3.63) is 10.7 Å². The van der Waals surface area contributed by atoms with Crippen LogP contribution in [0.1, 0.15) is 32.1 Å². The molecule has 2 aliphatic rings. The Morgan fingerprint density at radius 2 is 2.05 bits per heavy atom. The zero-order chi connectivity index (χ0) is 14.3. The minimum Gasteiger partial charge on any atom is -0.300 e. The first-order valence-electron chi connectivity index (χ1n) is 6.81. The van der Waals surface area contributed by atoms with Crippen molar-refractivity contribution in [3.63, 3.8) is 0 Å². The van der Waals surface area contributed by atoms with Crippen LogP contribution in [0.5, 0.6) is 0 Å². The monoisotopic (exact) mass is 335 g/mol. The molecule has 0 saturated carbocycles. The molecule has 2 aliphatic heterocycles. The highest BCUT2D eigenvalue weighted by Gasteiger charge is 2.37. The van der Waals surface area contributed by atoms with E-state index in [-0.39, 0.29) is 14.7 Å². The predicted octanol–water partition coefficient (Wildman–Crippen LogP) is 2.09. The Labute approximate surface area is 128 Å². The molecule has 0 radical (unpaired) electrons. The van der Waals surface area contributed by atoms with Crippen LogP contribution in [0.15, 0.2) is 10.4 Å². The molecule has 0 amide bonds. The number of piperidine rings is 2.